The van der Waals surface area contributed by atoms with Crippen LogP contribution >= 0.6 is 0 Å². The van der Waals surface area contributed by atoms with Crippen molar-refractivity contribution >= 4 is 5.91 Å². The molecule has 1 aliphatic rings. The zero-order valence-electron chi connectivity index (χ0n) is 8.94. The van der Waals surface area contributed by atoms with E-state index in [1.807, 2.05) is 6.07 Å². The molecule has 0 spiro atoms. The Morgan fingerprint density at radius 3 is 2.67 bits per heavy atom. The Kier molecular flexibility index (Phi) is 4.32. The van der Waals surface area contributed by atoms with Crippen molar-refractivity contribution in [3.8, 4) is 6.07 Å². The molecule has 0 unspecified atom stereocenters. The molecule has 1 heterocycles. The van der Waals surface area contributed by atoms with Gasteiger partial charge in [-0.15, -0.1) is 0 Å². The minimum Gasteiger partial charge on any atom is -0.392 e. The van der Waals surface area contributed by atoms with Gasteiger partial charge in [0.2, 0.25) is 0 Å². The van der Waals surface area contributed by atoms with Gasteiger partial charge in [0.15, 0.2) is 0 Å². The molecule has 1 aliphatic heterocycles. The van der Waals surface area contributed by atoms with Crippen molar-refractivity contribution in [3.05, 3.63) is 11.6 Å². The van der Waals surface area contributed by atoms with Crippen molar-refractivity contribution in [3.63, 3.8) is 0 Å². The highest BCUT2D eigenvalue weighted by Gasteiger charge is 2.22. The lowest BCUT2D eigenvalue weighted by Gasteiger charge is -2.30. The minimum atomic E-state index is -0.265. The Balaban J connectivity index is 2.61. The van der Waals surface area contributed by atoms with E-state index in [1.165, 1.54) is 6.08 Å². The molecule has 0 atom stereocenters. The lowest BCUT2D eigenvalue weighted by Crippen LogP contribution is -2.38. The summed E-state index contributed by atoms with van der Waals surface area (Å²) in [5, 5.41) is 17.4. The SMILES string of the molecule is CC1CCN(C(=O)C(C#N)=CCO)CC1. The van der Waals surface area contributed by atoms with Gasteiger partial charge in [-0.2, -0.15) is 5.26 Å². The van der Waals surface area contributed by atoms with Crippen molar-refractivity contribution in [1.82, 2.24) is 4.90 Å². The van der Waals surface area contributed by atoms with E-state index in [-0.39, 0.29) is 18.1 Å². The predicted octanol–water partition coefficient (Wildman–Crippen LogP) is 0.687. The molecule has 1 rings (SSSR count). The standard InChI is InChI=1S/C11H16N2O2/c1-9-2-5-13(6-3-9)11(15)10(8-12)4-7-14/h4,9,14H,2-3,5-7H2,1H3. The van der Waals surface area contributed by atoms with Crippen LogP contribution in [0, 0.1) is 17.2 Å². The molecule has 4 heteroatoms. The van der Waals surface area contributed by atoms with Crippen molar-refractivity contribution < 1.29 is 9.90 Å². The Hall–Kier alpha value is -1.34. The third kappa shape index (κ3) is 3.07. The van der Waals surface area contributed by atoms with E-state index >= 15 is 0 Å². The molecule has 0 aromatic rings. The summed E-state index contributed by atoms with van der Waals surface area (Å²) >= 11 is 0. The molecule has 1 N–H and O–H groups in total. The minimum absolute atomic E-state index is 0.0482. The highest BCUT2D eigenvalue weighted by atomic mass is 16.2. The van der Waals surface area contributed by atoms with Crippen molar-refractivity contribution in [2.75, 3.05) is 19.7 Å². The first-order valence-electron chi connectivity index (χ1n) is 5.19. The molecular formula is C11H16N2O2. The van der Waals surface area contributed by atoms with Crippen LogP contribution in [0.5, 0.6) is 0 Å². The molecule has 0 aromatic carbocycles. The normalized spacial score (nSPS) is 18.7. The van der Waals surface area contributed by atoms with Crippen LogP contribution in [-0.2, 0) is 4.79 Å². The van der Waals surface area contributed by atoms with E-state index in [0.29, 0.717) is 19.0 Å². The van der Waals surface area contributed by atoms with Crippen molar-refractivity contribution in [2.45, 2.75) is 19.8 Å². The monoisotopic (exact) mass is 208 g/mol. The van der Waals surface area contributed by atoms with Crippen LogP contribution in [0.25, 0.3) is 0 Å². The van der Waals surface area contributed by atoms with Crippen LogP contribution in [0.2, 0.25) is 0 Å². The zero-order valence-corrected chi connectivity index (χ0v) is 8.94. The maximum absolute atomic E-state index is 11.7. The van der Waals surface area contributed by atoms with Crippen LogP contribution in [0.15, 0.2) is 11.6 Å². The number of likely N-dealkylation sites (tertiary alicyclic amines) is 1. The van der Waals surface area contributed by atoms with Gasteiger partial charge in [0.05, 0.1) is 6.61 Å². The molecule has 1 saturated heterocycles. The average molecular weight is 208 g/mol. The number of piperidine rings is 1. The Labute approximate surface area is 89.8 Å². The summed E-state index contributed by atoms with van der Waals surface area (Å²) in [4.78, 5) is 13.4. The molecule has 15 heavy (non-hydrogen) atoms. The van der Waals surface area contributed by atoms with Gasteiger partial charge in [-0.25, -0.2) is 0 Å². The maximum Gasteiger partial charge on any atom is 0.264 e. The summed E-state index contributed by atoms with van der Waals surface area (Å²) in [6.07, 6.45) is 3.24. The van der Waals surface area contributed by atoms with E-state index < -0.39 is 0 Å². The molecule has 0 aliphatic carbocycles. The molecule has 0 radical (unpaired) electrons. The first kappa shape index (κ1) is 11.7. The number of carbonyl (C=O) groups is 1. The van der Waals surface area contributed by atoms with Crippen LogP contribution in [-0.4, -0.2) is 35.6 Å². The van der Waals surface area contributed by atoms with Gasteiger partial charge in [-0.1, -0.05) is 6.92 Å². The third-order valence-electron chi connectivity index (χ3n) is 2.72. The number of hydrogen-bond acceptors (Lipinski definition) is 3. The van der Waals surface area contributed by atoms with Gasteiger partial charge in [-0.3, -0.25) is 4.79 Å². The van der Waals surface area contributed by atoms with Gasteiger partial charge in [0, 0.05) is 13.1 Å². The summed E-state index contributed by atoms with van der Waals surface area (Å²) in [5.41, 5.74) is 0.0482. The summed E-state index contributed by atoms with van der Waals surface area (Å²) < 4.78 is 0. The van der Waals surface area contributed by atoms with Gasteiger partial charge < -0.3 is 10.0 Å². The van der Waals surface area contributed by atoms with Crippen LogP contribution in [0.1, 0.15) is 19.8 Å². The lowest BCUT2D eigenvalue weighted by molar-refractivity contribution is -0.128. The fourth-order valence-corrected chi connectivity index (χ4v) is 1.65. The number of aliphatic hydroxyl groups is 1. The summed E-state index contributed by atoms with van der Waals surface area (Å²) in [6.45, 7) is 3.32. The molecule has 0 aromatic heterocycles. The Morgan fingerprint density at radius 1 is 1.60 bits per heavy atom. The Bertz CT molecular complexity index is 296. The third-order valence-corrected chi connectivity index (χ3v) is 2.72. The molecule has 0 saturated carbocycles. The first-order valence-corrected chi connectivity index (χ1v) is 5.19. The molecule has 0 bridgehead atoms. The van der Waals surface area contributed by atoms with Crippen LogP contribution < -0.4 is 0 Å². The van der Waals surface area contributed by atoms with Crippen molar-refractivity contribution in [1.29, 1.82) is 5.26 Å². The number of hydrogen-bond donors (Lipinski definition) is 1. The highest BCUT2D eigenvalue weighted by Crippen LogP contribution is 2.17. The summed E-state index contributed by atoms with van der Waals surface area (Å²) in [7, 11) is 0. The topological polar surface area (TPSA) is 64.3 Å². The molecule has 1 fully saturated rings. The smallest absolute Gasteiger partial charge is 0.264 e. The highest BCUT2D eigenvalue weighted by molar-refractivity contribution is 5.97. The second-order valence-corrected chi connectivity index (χ2v) is 3.89. The first-order chi connectivity index (χ1) is 7.19. The van der Waals surface area contributed by atoms with E-state index in [1.54, 1.807) is 4.90 Å². The van der Waals surface area contributed by atoms with Gasteiger partial charge in [0.25, 0.3) is 5.91 Å². The zero-order chi connectivity index (χ0) is 11.3. The lowest BCUT2D eigenvalue weighted by atomic mass is 9.99. The van der Waals surface area contributed by atoms with E-state index in [2.05, 4.69) is 6.92 Å². The molecular weight excluding hydrogens is 192 g/mol. The second kappa shape index (κ2) is 5.52. The van der Waals surface area contributed by atoms with Crippen LogP contribution in [0.4, 0.5) is 0 Å². The van der Waals surface area contributed by atoms with Crippen LogP contribution in [0.3, 0.4) is 0 Å². The number of nitriles is 1. The number of rotatable bonds is 2. The largest absolute Gasteiger partial charge is 0.392 e. The van der Waals surface area contributed by atoms with Crippen molar-refractivity contribution in [2.24, 2.45) is 5.92 Å². The fourth-order valence-electron chi connectivity index (χ4n) is 1.65. The number of aliphatic hydroxyl groups excluding tert-OH is 1. The second-order valence-electron chi connectivity index (χ2n) is 3.89. The molecule has 4 nitrogen and oxygen atoms in total. The average Bonchev–Trinajstić information content (AvgIpc) is 2.26. The van der Waals surface area contributed by atoms with E-state index in [9.17, 15) is 4.79 Å². The summed E-state index contributed by atoms with van der Waals surface area (Å²) in [5.74, 6) is 0.403. The Morgan fingerprint density at radius 2 is 2.20 bits per heavy atom. The van der Waals surface area contributed by atoms with E-state index in [0.717, 1.165) is 12.8 Å². The molecule has 82 valence electrons. The number of amides is 1. The fraction of sp³-hybridized carbons (Fsp3) is 0.636. The van der Waals surface area contributed by atoms with Gasteiger partial charge >= 0.3 is 0 Å². The number of nitrogens with zero attached hydrogens (tertiary/aromatic N) is 2. The quantitative estimate of drug-likeness (QED) is 0.536. The predicted molar refractivity (Wildman–Crippen MR) is 55.8 cm³/mol. The van der Waals surface area contributed by atoms with Gasteiger partial charge in [0.1, 0.15) is 11.6 Å². The summed E-state index contributed by atoms with van der Waals surface area (Å²) in [6, 6.07) is 1.82. The van der Waals surface area contributed by atoms with Gasteiger partial charge in [-0.05, 0) is 24.8 Å². The number of carbonyl (C=O) groups excluding carboxylic acids is 1. The maximum atomic E-state index is 11.7. The molecule has 1 amide bonds. The van der Waals surface area contributed by atoms with E-state index in [4.69, 9.17) is 10.4 Å².